The van der Waals surface area contributed by atoms with Crippen molar-refractivity contribution in [3.63, 3.8) is 0 Å². The topological polar surface area (TPSA) is 110 Å². The predicted octanol–water partition coefficient (Wildman–Crippen LogP) is 0.651. The Kier molecular flexibility index (Phi) is 2.98. The molecule has 3 N–H and O–H groups in total. The molecule has 0 saturated carbocycles. The van der Waals surface area contributed by atoms with Crippen LogP contribution in [0.2, 0.25) is 0 Å². The number of fused-ring (bicyclic) bond motifs is 1. The summed E-state index contributed by atoms with van der Waals surface area (Å²) in [5.74, 6) is -1.64. The van der Waals surface area contributed by atoms with E-state index in [1.807, 2.05) is 0 Å². The van der Waals surface area contributed by atoms with Gasteiger partial charge in [-0.15, -0.1) is 0 Å². The molecule has 116 valence electrons. The van der Waals surface area contributed by atoms with Crippen molar-refractivity contribution in [2.45, 2.75) is 18.0 Å². The van der Waals surface area contributed by atoms with Crippen molar-refractivity contribution < 1.29 is 24.6 Å². The quantitative estimate of drug-likeness (QED) is 0.702. The summed E-state index contributed by atoms with van der Waals surface area (Å²) in [4.78, 5) is 37.7. The number of carbonyl (C=O) groups excluding carboxylic acids is 1. The van der Waals surface area contributed by atoms with E-state index in [1.54, 1.807) is 36.2 Å². The Morgan fingerprint density at radius 1 is 1.32 bits per heavy atom. The van der Waals surface area contributed by atoms with Crippen LogP contribution in [0.1, 0.15) is 6.42 Å². The van der Waals surface area contributed by atoms with Crippen LogP contribution in [0.15, 0.2) is 24.3 Å². The Hall–Kier alpha value is -2.77. The summed E-state index contributed by atoms with van der Waals surface area (Å²) >= 11 is 0. The molecular weight excluding hydrogens is 290 g/mol. The Labute approximate surface area is 125 Å². The van der Waals surface area contributed by atoms with Crippen LogP contribution in [0, 0.1) is 0 Å². The number of benzene rings is 1. The lowest BCUT2D eigenvalue weighted by molar-refractivity contribution is -0.141. The maximum atomic E-state index is 12.6. The minimum absolute atomic E-state index is 0.0920. The number of aliphatic carboxylic acids is 1. The van der Waals surface area contributed by atoms with Gasteiger partial charge in [-0.3, -0.25) is 9.69 Å². The molecule has 8 heteroatoms. The van der Waals surface area contributed by atoms with Crippen LogP contribution >= 0.6 is 0 Å². The smallest absolute Gasteiger partial charge is 0.408 e. The molecule has 0 aliphatic carbocycles. The van der Waals surface area contributed by atoms with Crippen LogP contribution in [0.3, 0.4) is 0 Å². The molecular formula is C14H15N3O5. The fraction of sp³-hybridized carbons (Fsp3) is 0.357. The zero-order valence-corrected chi connectivity index (χ0v) is 11.8. The Morgan fingerprint density at radius 3 is 2.59 bits per heavy atom. The number of anilines is 2. The first-order valence-corrected chi connectivity index (χ1v) is 6.73. The maximum Gasteiger partial charge on any atom is 0.408 e. The lowest BCUT2D eigenvalue weighted by Gasteiger charge is -2.43. The van der Waals surface area contributed by atoms with Crippen LogP contribution in [0.25, 0.3) is 0 Å². The van der Waals surface area contributed by atoms with Crippen molar-refractivity contribution in [1.29, 1.82) is 0 Å². The fourth-order valence-corrected chi connectivity index (χ4v) is 3.21. The molecule has 1 fully saturated rings. The largest absolute Gasteiger partial charge is 0.480 e. The van der Waals surface area contributed by atoms with E-state index in [0.29, 0.717) is 5.69 Å². The number of amides is 2. The zero-order valence-electron chi connectivity index (χ0n) is 11.8. The number of para-hydroxylation sites is 2. The summed E-state index contributed by atoms with van der Waals surface area (Å²) in [6.45, 7) is -0.185. The molecule has 1 aromatic carbocycles. The third kappa shape index (κ3) is 1.80. The molecule has 2 heterocycles. The molecule has 8 nitrogen and oxygen atoms in total. The van der Waals surface area contributed by atoms with E-state index in [0.717, 1.165) is 10.6 Å². The van der Waals surface area contributed by atoms with Crippen molar-refractivity contribution in [2.24, 2.45) is 0 Å². The van der Waals surface area contributed by atoms with Gasteiger partial charge in [0.15, 0.2) is 0 Å². The summed E-state index contributed by atoms with van der Waals surface area (Å²) in [6, 6.07) is 5.89. The Balaban J connectivity index is 2.05. The molecule has 2 aliphatic rings. The number of likely N-dealkylation sites (N-methyl/N-ethyl adjacent to an activating group) is 1. The van der Waals surface area contributed by atoms with Gasteiger partial charge in [-0.25, -0.2) is 9.59 Å². The zero-order chi connectivity index (χ0) is 16.1. The molecule has 22 heavy (non-hydrogen) atoms. The molecule has 0 unspecified atom stereocenters. The SMILES string of the molecule is CN1c2ccccc2NC(=O)[C@]12C[C@@H](C(=O)O)N(C(=O)O)C2. The lowest BCUT2D eigenvalue weighted by atomic mass is 9.89. The molecule has 0 bridgehead atoms. The highest BCUT2D eigenvalue weighted by atomic mass is 16.4. The molecule has 1 spiro atoms. The fourth-order valence-electron chi connectivity index (χ4n) is 3.21. The van der Waals surface area contributed by atoms with Crippen molar-refractivity contribution in [3.8, 4) is 0 Å². The second kappa shape index (κ2) is 4.62. The van der Waals surface area contributed by atoms with Gasteiger partial charge < -0.3 is 20.4 Å². The summed E-state index contributed by atoms with van der Waals surface area (Å²) in [5, 5.41) is 21.2. The number of nitrogens with one attached hydrogen (secondary N) is 1. The standard InChI is InChI=1S/C14H15N3O5/c1-16-9-5-3-2-4-8(9)15-12(20)14(16)6-10(11(18)19)17(7-14)13(21)22/h2-5,10H,6-7H2,1H3,(H,15,20)(H,18,19)(H,21,22)/t10-,14+/m0/s1. The molecule has 2 amide bonds. The highest BCUT2D eigenvalue weighted by Crippen LogP contribution is 2.42. The van der Waals surface area contributed by atoms with Gasteiger partial charge in [-0.1, -0.05) is 12.1 Å². The van der Waals surface area contributed by atoms with Gasteiger partial charge in [0.2, 0.25) is 0 Å². The summed E-state index contributed by atoms with van der Waals surface area (Å²) < 4.78 is 0. The van der Waals surface area contributed by atoms with Gasteiger partial charge >= 0.3 is 12.1 Å². The van der Waals surface area contributed by atoms with E-state index >= 15 is 0 Å². The average Bonchev–Trinajstić information content (AvgIpc) is 2.88. The molecule has 0 radical (unpaired) electrons. The number of rotatable bonds is 1. The molecule has 1 aromatic rings. The van der Waals surface area contributed by atoms with E-state index < -0.39 is 23.6 Å². The predicted molar refractivity (Wildman–Crippen MR) is 77.0 cm³/mol. The van der Waals surface area contributed by atoms with Crippen LogP contribution in [-0.2, 0) is 9.59 Å². The summed E-state index contributed by atoms with van der Waals surface area (Å²) in [7, 11) is 1.68. The van der Waals surface area contributed by atoms with Crippen LogP contribution < -0.4 is 10.2 Å². The number of nitrogens with zero attached hydrogens (tertiary/aromatic N) is 2. The second-order valence-electron chi connectivity index (χ2n) is 5.53. The normalized spacial score (nSPS) is 26.8. The van der Waals surface area contributed by atoms with E-state index in [4.69, 9.17) is 0 Å². The first-order valence-electron chi connectivity index (χ1n) is 6.73. The Morgan fingerprint density at radius 2 is 2.00 bits per heavy atom. The first-order chi connectivity index (χ1) is 10.4. The second-order valence-corrected chi connectivity index (χ2v) is 5.53. The van der Waals surface area contributed by atoms with Crippen molar-refractivity contribution in [3.05, 3.63) is 24.3 Å². The van der Waals surface area contributed by atoms with E-state index in [2.05, 4.69) is 5.32 Å². The highest BCUT2D eigenvalue weighted by molar-refractivity contribution is 6.08. The number of carbonyl (C=O) groups is 3. The number of carboxylic acid groups (broad SMARTS) is 2. The van der Waals surface area contributed by atoms with E-state index in [-0.39, 0.29) is 18.9 Å². The van der Waals surface area contributed by atoms with E-state index in [9.17, 15) is 24.6 Å². The first kappa shape index (κ1) is 14.2. The average molecular weight is 305 g/mol. The third-order valence-electron chi connectivity index (χ3n) is 4.45. The molecule has 2 atom stereocenters. The minimum Gasteiger partial charge on any atom is -0.480 e. The molecule has 3 rings (SSSR count). The number of carboxylic acids is 1. The maximum absolute atomic E-state index is 12.6. The third-order valence-corrected chi connectivity index (χ3v) is 4.45. The molecule has 2 aliphatic heterocycles. The summed E-state index contributed by atoms with van der Waals surface area (Å²) in [5.41, 5.74) is 0.148. The summed E-state index contributed by atoms with van der Waals surface area (Å²) in [6.07, 6.45) is -1.44. The lowest BCUT2D eigenvalue weighted by Crippen LogP contribution is -2.60. The van der Waals surface area contributed by atoms with Gasteiger partial charge in [-0.2, -0.15) is 0 Å². The number of hydrogen-bond donors (Lipinski definition) is 3. The number of likely N-dealkylation sites (tertiary alicyclic amines) is 1. The molecule has 1 saturated heterocycles. The van der Waals surface area contributed by atoms with E-state index in [1.165, 1.54) is 0 Å². The van der Waals surface area contributed by atoms with Gasteiger partial charge in [0.05, 0.1) is 17.9 Å². The minimum atomic E-state index is -1.34. The number of hydrogen-bond acceptors (Lipinski definition) is 4. The van der Waals surface area contributed by atoms with Crippen LogP contribution in [0.5, 0.6) is 0 Å². The van der Waals surface area contributed by atoms with Crippen molar-refractivity contribution >= 4 is 29.3 Å². The highest BCUT2D eigenvalue weighted by Gasteiger charge is 2.57. The monoisotopic (exact) mass is 305 g/mol. The van der Waals surface area contributed by atoms with Crippen LogP contribution in [0.4, 0.5) is 16.2 Å². The van der Waals surface area contributed by atoms with Gasteiger partial charge in [0, 0.05) is 13.5 Å². The van der Waals surface area contributed by atoms with Crippen LogP contribution in [-0.4, -0.2) is 58.3 Å². The van der Waals surface area contributed by atoms with Gasteiger partial charge in [-0.05, 0) is 12.1 Å². The van der Waals surface area contributed by atoms with Gasteiger partial charge in [0.25, 0.3) is 5.91 Å². The van der Waals surface area contributed by atoms with Crippen molar-refractivity contribution in [2.75, 3.05) is 23.8 Å². The molecule has 0 aromatic heterocycles. The Bertz CT molecular complexity index is 652. The van der Waals surface area contributed by atoms with Crippen molar-refractivity contribution in [1.82, 2.24) is 4.90 Å². The van der Waals surface area contributed by atoms with Gasteiger partial charge in [0.1, 0.15) is 11.6 Å².